The van der Waals surface area contributed by atoms with Crippen LogP contribution < -0.4 is 0 Å². The lowest BCUT2D eigenvalue weighted by atomic mass is 10.2. The Morgan fingerprint density at radius 3 is 3.00 bits per heavy atom. The molecule has 6 heteroatoms. The number of aryl methyl sites for hydroxylation is 1. The van der Waals surface area contributed by atoms with E-state index in [-0.39, 0.29) is 5.82 Å². The summed E-state index contributed by atoms with van der Waals surface area (Å²) in [5.74, 6) is 0.256. The summed E-state index contributed by atoms with van der Waals surface area (Å²) in [5, 5.41) is 7.94. The molecule has 1 aromatic heterocycles. The summed E-state index contributed by atoms with van der Waals surface area (Å²) in [7, 11) is 0. The minimum atomic E-state index is -0.260. The van der Waals surface area contributed by atoms with Crippen molar-refractivity contribution in [2.24, 2.45) is 0 Å². The maximum atomic E-state index is 13.1. The highest BCUT2D eigenvalue weighted by atomic mass is 79.9. The summed E-state index contributed by atoms with van der Waals surface area (Å²) in [6, 6.07) is 4.57. The first-order valence-corrected chi connectivity index (χ1v) is 6.40. The number of halogens is 3. The molecule has 0 fully saturated rings. The molecule has 0 spiro atoms. The molecular formula is C11H10BrClFN3. The Balaban J connectivity index is 2.16. The van der Waals surface area contributed by atoms with E-state index in [0.29, 0.717) is 18.8 Å². The first kappa shape index (κ1) is 12.5. The molecule has 0 radical (unpaired) electrons. The Bertz CT molecular complexity index is 515. The molecule has 0 N–H and O–H groups in total. The van der Waals surface area contributed by atoms with Crippen LogP contribution in [0.4, 0.5) is 4.39 Å². The summed E-state index contributed by atoms with van der Waals surface area (Å²) in [4.78, 5) is 0. The van der Waals surface area contributed by atoms with Crippen LogP contribution in [0.5, 0.6) is 0 Å². The van der Waals surface area contributed by atoms with Crippen LogP contribution in [0.15, 0.2) is 28.9 Å². The van der Waals surface area contributed by atoms with Crippen LogP contribution in [0, 0.1) is 5.82 Å². The molecular weight excluding hydrogens is 308 g/mol. The van der Waals surface area contributed by atoms with Crippen LogP contribution in [0.3, 0.4) is 0 Å². The number of rotatable bonds is 4. The van der Waals surface area contributed by atoms with E-state index < -0.39 is 0 Å². The molecule has 0 amide bonds. The van der Waals surface area contributed by atoms with Crippen LogP contribution in [0.1, 0.15) is 11.3 Å². The normalized spacial score (nSPS) is 10.8. The Labute approximate surface area is 112 Å². The zero-order chi connectivity index (χ0) is 12.3. The number of alkyl halides is 1. The highest BCUT2D eigenvalue weighted by molar-refractivity contribution is 9.10. The van der Waals surface area contributed by atoms with Gasteiger partial charge in [-0.25, -0.2) is 9.07 Å². The number of nitrogens with zero attached hydrogens (tertiary/aromatic N) is 3. The Kier molecular flexibility index (Phi) is 4.12. The van der Waals surface area contributed by atoms with Crippen molar-refractivity contribution in [3.05, 3.63) is 45.9 Å². The van der Waals surface area contributed by atoms with Crippen molar-refractivity contribution in [1.29, 1.82) is 0 Å². The van der Waals surface area contributed by atoms with E-state index in [1.54, 1.807) is 10.7 Å². The summed E-state index contributed by atoms with van der Waals surface area (Å²) in [6.07, 6.45) is 2.51. The van der Waals surface area contributed by atoms with Gasteiger partial charge in [0.05, 0.1) is 12.2 Å². The van der Waals surface area contributed by atoms with Crippen molar-refractivity contribution < 1.29 is 4.39 Å². The molecule has 0 atom stereocenters. The van der Waals surface area contributed by atoms with Crippen molar-refractivity contribution in [3.63, 3.8) is 0 Å². The Morgan fingerprint density at radius 2 is 2.24 bits per heavy atom. The predicted octanol–water partition coefficient (Wildman–Crippen LogP) is 3.01. The molecule has 2 rings (SSSR count). The zero-order valence-electron chi connectivity index (χ0n) is 8.91. The topological polar surface area (TPSA) is 30.7 Å². The largest absolute Gasteiger partial charge is 0.248 e. The maximum Gasteiger partial charge on any atom is 0.123 e. The zero-order valence-corrected chi connectivity index (χ0v) is 11.2. The van der Waals surface area contributed by atoms with Crippen molar-refractivity contribution in [2.75, 3.05) is 5.88 Å². The Morgan fingerprint density at radius 1 is 1.41 bits per heavy atom. The van der Waals surface area contributed by atoms with Gasteiger partial charge in [-0.15, -0.1) is 16.7 Å². The highest BCUT2D eigenvalue weighted by Gasteiger charge is 2.05. The van der Waals surface area contributed by atoms with Gasteiger partial charge in [0, 0.05) is 23.0 Å². The molecule has 0 aliphatic carbocycles. The Hall–Kier alpha value is -0.940. The third-order valence-electron chi connectivity index (χ3n) is 2.28. The fourth-order valence-electron chi connectivity index (χ4n) is 1.47. The van der Waals surface area contributed by atoms with Gasteiger partial charge in [-0.05, 0) is 23.8 Å². The quantitative estimate of drug-likeness (QED) is 0.811. The smallest absolute Gasteiger partial charge is 0.123 e. The van der Waals surface area contributed by atoms with Crippen molar-refractivity contribution in [2.45, 2.75) is 13.0 Å². The van der Waals surface area contributed by atoms with Gasteiger partial charge in [0.15, 0.2) is 0 Å². The minimum Gasteiger partial charge on any atom is -0.248 e. The molecule has 0 saturated heterocycles. The lowest BCUT2D eigenvalue weighted by Crippen LogP contribution is -2.01. The van der Waals surface area contributed by atoms with E-state index in [1.165, 1.54) is 12.1 Å². The molecule has 0 unspecified atom stereocenters. The summed E-state index contributed by atoms with van der Waals surface area (Å²) >= 11 is 8.99. The van der Waals surface area contributed by atoms with Crippen LogP contribution in [-0.2, 0) is 13.0 Å². The fourth-order valence-corrected chi connectivity index (χ4v) is 2.03. The predicted molar refractivity (Wildman–Crippen MR) is 67.6 cm³/mol. The molecule has 0 bridgehead atoms. The monoisotopic (exact) mass is 317 g/mol. The van der Waals surface area contributed by atoms with Crippen molar-refractivity contribution in [1.82, 2.24) is 15.0 Å². The SMILES string of the molecule is Fc1ccc(Br)c(Cn2cc(CCCl)nn2)c1. The molecule has 1 aromatic carbocycles. The van der Waals surface area contributed by atoms with E-state index in [4.69, 9.17) is 11.6 Å². The summed E-state index contributed by atoms with van der Waals surface area (Å²) in [6.45, 7) is 0.480. The first-order chi connectivity index (χ1) is 8.19. The van der Waals surface area contributed by atoms with Crippen LogP contribution in [0.2, 0.25) is 0 Å². The average molecular weight is 319 g/mol. The van der Waals surface area contributed by atoms with Gasteiger partial charge in [-0.1, -0.05) is 21.1 Å². The van der Waals surface area contributed by atoms with Gasteiger partial charge in [-0.3, -0.25) is 0 Å². The van der Waals surface area contributed by atoms with Crippen LogP contribution >= 0.6 is 27.5 Å². The van der Waals surface area contributed by atoms with E-state index in [2.05, 4.69) is 26.2 Å². The van der Waals surface area contributed by atoms with Crippen molar-refractivity contribution in [3.8, 4) is 0 Å². The second kappa shape index (κ2) is 5.60. The third kappa shape index (κ3) is 3.26. The van der Waals surface area contributed by atoms with Gasteiger partial charge in [0.1, 0.15) is 5.82 Å². The number of benzene rings is 1. The summed E-state index contributed by atoms with van der Waals surface area (Å²) < 4.78 is 15.6. The average Bonchev–Trinajstić information content (AvgIpc) is 2.72. The minimum absolute atomic E-state index is 0.260. The third-order valence-corrected chi connectivity index (χ3v) is 3.24. The van der Waals surface area contributed by atoms with Crippen molar-refractivity contribution >= 4 is 27.5 Å². The van der Waals surface area contributed by atoms with Crippen LogP contribution in [-0.4, -0.2) is 20.9 Å². The summed E-state index contributed by atoms with van der Waals surface area (Å²) in [5.41, 5.74) is 1.67. The van der Waals surface area contributed by atoms with Gasteiger partial charge < -0.3 is 0 Å². The fraction of sp³-hybridized carbons (Fsp3) is 0.273. The molecule has 0 aliphatic heterocycles. The van der Waals surface area contributed by atoms with Crippen LogP contribution in [0.25, 0.3) is 0 Å². The lowest BCUT2D eigenvalue weighted by Gasteiger charge is -2.03. The second-order valence-electron chi connectivity index (χ2n) is 3.58. The number of hydrogen-bond acceptors (Lipinski definition) is 2. The van der Waals surface area contributed by atoms with E-state index in [1.807, 2.05) is 6.20 Å². The van der Waals surface area contributed by atoms with Gasteiger partial charge in [-0.2, -0.15) is 0 Å². The molecule has 2 aromatic rings. The number of aromatic nitrogens is 3. The van der Waals surface area contributed by atoms with E-state index >= 15 is 0 Å². The molecule has 90 valence electrons. The lowest BCUT2D eigenvalue weighted by molar-refractivity contribution is 0.613. The molecule has 1 heterocycles. The second-order valence-corrected chi connectivity index (χ2v) is 4.81. The maximum absolute atomic E-state index is 13.1. The first-order valence-electron chi connectivity index (χ1n) is 5.08. The van der Waals surface area contributed by atoms with Gasteiger partial charge in [0.25, 0.3) is 0 Å². The molecule has 0 aliphatic rings. The van der Waals surface area contributed by atoms with Gasteiger partial charge >= 0.3 is 0 Å². The molecule has 0 saturated carbocycles. The standard InChI is InChI=1S/C11H10BrClFN3/c12-11-2-1-9(14)5-8(11)6-17-7-10(3-4-13)15-16-17/h1-2,5,7H,3-4,6H2. The van der Waals surface area contributed by atoms with E-state index in [0.717, 1.165) is 15.7 Å². The molecule has 3 nitrogen and oxygen atoms in total. The number of hydrogen-bond donors (Lipinski definition) is 0. The van der Waals surface area contributed by atoms with Gasteiger partial charge in [0.2, 0.25) is 0 Å². The highest BCUT2D eigenvalue weighted by Crippen LogP contribution is 2.18. The molecule has 17 heavy (non-hydrogen) atoms. The van der Waals surface area contributed by atoms with E-state index in [9.17, 15) is 4.39 Å².